The van der Waals surface area contributed by atoms with E-state index in [0.29, 0.717) is 0 Å². The van der Waals surface area contributed by atoms with Crippen LogP contribution in [-0.4, -0.2) is 25.2 Å². The van der Waals surface area contributed by atoms with Crippen LogP contribution >= 0.6 is 24.2 Å². The lowest BCUT2D eigenvalue weighted by molar-refractivity contribution is -0.146. The maximum Gasteiger partial charge on any atom is 0.328 e. The molecule has 6 heteroatoms. The number of hydrogen-bond acceptors (Lipinski definition) is 4. The van der Waals surface area contributed by atoms with Gasteiger partial charge in [0, 0.05) is 6.54 Å². The van der Waals surface area contributed by atoms with E-state index in [-0.39, 0.29) is 19.0 Å². The number of esters is 1. The van der Waals surface area contributed by atoms with E-state index in [0.717, 1.165) is 0 Å². The molecule has 0 amide bonds. The molecule has 0 aliphatic rings. The zero-order chi connectivity index (χ0) is 8.20. The Hall–Kier alpha value is -0.0300. The van der Waals surface area contributed by atoms with Crippen LogP contribution in [0.15, 0.2) is 0 Å². The normalized spacial score (nSPS) is 14.5. The molecule has 0 bridgehead atoms. The minimum absolute atomic E-state index is 0. The molecule has 0 heterocycles. The van der Waals surface area contributed by atoms with Crippen molar-refractivity contribution in [1.82, 2.24) is 4.84 Å². The highest BCUT2D eigenvalue weighted by Gasteiger charge is 2.31. The van der Waals surface area contributed by atoms with Crippen LogP contribution in [0.3, 0.4) is 0 Å². The summed E-state index contributed by atoms with van der Waals surface area (Å²) < 4.78 is 4.43. The van der Waals surface area contributed by atoms with Crippen LogP contribution in [0.5, 0.6) is 0 Å². The van der Waals surface area contributed by atoms with Gasteiger partial charge in [-0.1, -0.05) is 0 Å². The minimum atomic E-state index is -0.976. The number of carbonyl (C=O) groups excluding carboxylic acids is 1. The first-order valence-electron chi connectivity index (χ1n) is 2.77. The zero-order valence-corrected chi connectivity index (χ0v) is 7.96. The van der Waals surface area contributed by atoms with Crippen molar-refractivity contribution in [1.29, 1.82) is 0 Å². The summed E-state index contributed by atoms with van der Waals surface area (Å²) >= 11 is 5.25. The van der Waals surface area contributed by atoms with Gasteiger partial charge in [-0.25, -0.2) is 9.63 Å². The van der Waals surface area contributed by atoms with E-state index >= 15 is 0 Å². The number of nitrogens with two attached hydrogens (primary N) is 1. The van der Waals surface area contributed by atoms with Crippen molar-refractivity contribution in [3.63, 3.8) is 0 Å². The lowest BCUT2D eigenvalue weighted by Crippen LogP contribution is -2.51. The molecule has 0 aromatic heterocycles. The van der Waals surface area contributed by atoms with Crippen LogP contribution in [0.1, 0.15) is 6.92 Å². The fourth-order valence-corrected chi connectivity index (χ4v) is 0.540. The van der Waals surface area contributed by atoms with E-state index < -0.39 is 11.5 Å². The molecule has 0 aliphatic carbocycles. The van der Waals surface area contributed by atoms with Gasteiger partial charge in [-0.05, 0) is 18.7 Å². The molecule has 1 unspecified atom stereocenters. The molecule has 0 fully saturated rings. The van der Waals surface area contributed by atoms with Gasteiger partial charge in [-0.2, -0.15) is 0 Å². The van der Waals surface area contributed by atoms with Gasteiger partial charge in [0.2, 0.25) is 0 Å². The Bertz CT molecular complexity index is 128. The third-order valence-electron chi connectivity index (χ3n) is 1.25. The summed E-state index contributed by atoms with van der Waals surface area (Å²) in [6.07, 6.45) is 0. The summed E-state index contributed by atoms with van der Waals surface area (Å²) in [4.78, 5) is 13.1. The molecular weight excluding hydrogens is 191 g/mol. The van der Waals surface area contributed by atoms with Gasteiger partial charge in [0.05, 0.1) is 7.11 Å². The highest BCUT2D eigenvalue weighted by Crippen LogP contribution is 2.03. The molecule has 4 nitrogen and oxygen atoms in total. The fourth-order valence-electron chi connectivity index (χ4n) is 0.386. The van der Waals surface area contributed by atoms with Crippen LogP contribution in [0.4, 0.5) is 0 Å². The average molecular weight is 203 g/mol. The van der Waals surface area contributed by atoms with E-state index in [9.17, 15) is 4.79 Å². The largest absolute Gasteiger partial charge is 0.468 e. The van der Waals surface area contributed by atoms with Crippen molar-refractivity contribution in [2.45, 2.75) is 12.5 Å². The predicted octanol–water partition coefficient (Wildman–Crippen LogP) is 0.0420. The number of ether oxygens (including phenoxy) is 1. The van der Waals surface area contributed by atoms with Gasteiger partial charge in [-0.3, -0.25) is 0 Å². The highest BCUT2D eigenvalue weighted by molar-refractivity contribution is 6.15. The van der Waals surface area contributed by atoms with Gasteiger partial charge in [0.25, 0.3) is 0 Å². The van der Waals surface area contributed by atoms with Crippen molar-refractivity contribution < 1.29 is 9.53 Å². The summed E-state index contributed by atoms with van der Waals surface area (Å²) in [7, 11) is 1.28. The summed E-state index contributed by atoms with van der Waals surface area (Å²) in [5, 5.41) is 0. The molecular formula is C5H12Cl2N2O2. The zero-order valence-electron chi connectivity index (χ0n) is 6.39. The lowest BCUT2D eigenvalue weighted by atomic mass is 10.1. The van der Waals surface area contributed by atoms with Crippen LogP contribution in [0, 0.1) is 0 Å². The monoisotopic (exact) mass is 202 g/mol. The number of halogens is 2. The molecule has 0 radical (unpaired) electrons. The van der Waals surface area contributed by atoms with Crippen LogP contribution in [0.25, 0.3) is 0 Å². The number of methoxy groups -OCH3 is 1. The van der Waals surface area contributed by atoms with Crippen LogP contribution in [-0.2, 0) is 9.53 Å². The summed E-state index contributed by atoms with van der Waals surface area (Å²) in [5.41, 5.74) is 4.27. The highest BCUT2D eigenvalue weighted by atomic mass is 35.5. The Labute approximate surface area is 76.9 Å². The first-order chi connectivity index (χ1) is 4.60. The first kappa shape index (κ1) is 13.6. The summed E-state index contributed by atoms with van der Waals surface area (Å²) in [6.45, 7) is 1.66. The number of carbonyl (C=O) groups is 1. The molecule has 0 saturated carbocycles. The minimum Gasteiger partial charge on any atom is -0.468 e. The quantitative estimate of drug-likeness (QED) is 0.502. The molecule has 68 valence electrons. The van der Waals surface area contributed by atoms with E-state index in [4.69, 9.17) is 17.5 Å². The van der Waals surface area contributed by atoms with Gasteiger partial charge < -0.3 is 10.5 Å². The average Bonchev–Trinajstić information content (AvgIpc) is 2.01. The van der Waals surface area contributed by atoms with Crippen LogP contribution < -0.4 is 10.6 Å². The Kier molecular flexibility index (Phi) is 6.90. The van der Waals surface area contributed by atoms with Crippen LogP contribution in [0.2, 0.25) is 0 Å². The van der Waals surface area contributed by atoms with Gasteiger partial charge in [0.1, 0.15) is 5.54 Å². The molecule has 3 N–H and O–H groups in total. The van der Waals surface area contributed by atoms with Crippen molar-refractivity contribution in [3.05, 3.63) is 0 Å². The third kappa shape index (κ3) is 3.25. The topological polar surface area (TPSA) is 64.3 Å². The van der Waals surface area contributed by atoms with E-state index in [1.807, 2.05) is 0 Å². The Morgan fingerprint density at radius 1 is 1.82 bits per heavy atom. The van der Waals surface area contributed by atoms with E-state index in [1.165, 1.54) is 7.11 Å². The lowest BCUT2D eigenvalue weighted by Gasteiger charge is -2.21. The molecule has 0 saturated heterocycles. The Morgan fingerprint density at radius 2 is 2.27 bits per heavy atom. The second-order valence-corrected chi connectivity index (χ2v) is 2.31. The van der Waals surface area contributed by atoms with Gasteiger partial charge in [0.15, 0.2) is 0 Å². The smallest absolute Gasteiger partial charge is 0.328 e. The predicted molar refractivity (Wildman–Crippen MR) is 45.7 cm³/mol. The molecule has 0 rings (SSSR count). The Morgan fingerprint density at radius 3 is 2.36 bits per heavy atom. The molecule has 0 aromatic rings. The molecule has 1 atom stereocenters. The Balaban J connectivity index is 0. The summed E-state index contributed by atoms with van der Waals surface area (Å²) in [5.74, 6) is -0.468. The maximum atomic E-state index is 10.8. The van der Waals surface area contributed by atoms with E-state index in [2.05, 4.69) is 9.57 Å². The maximum absolute atomic E-state index is 10.8. The fraction of sp³-hybridized carbons (Fsp3) is 0.800. The number of nitrogens with one attached hydrogen (secondary N) is 1. The standard InChI is InChI=1S/C5H11ClN2O2.ClH/c1-5(3-7,8-6)4(9)10-2;/h8H,3,7H2,1-2H3;1H. The summed E-state index contributed by atoms with van der Waals surface area (Å²) in [6, 6.07) is 0. The van der Waals surface area contributed by atoms with Gasteiger partial charge >= 0.3 is 5.97 Å². The van der Waals surface area contributed by atoms with Crippen molar-refractivity contribution >= 4 is 30.2 Å². The molecule has 0 aliphatic heterocycles. The van der Waals surface area contributed by atoms with E-state index in [1.54, 1.807) is 6.92 Å². The van der Waals surface area contributed by atoms with Crippen molar-refractivity contribution in [2.24, 2.45) is 5.73 Å². The molecule has 0 spiro atoms. The SMILES string of the molecule is COC(=O)C(C)(CN)NCl.Cl. The van der Waals surface area contributed by atoms with Crippen molar-refractivity contribution in [2.75, 3.05) is 13.7 Å². The number of hydrogen-bond donors (Lipinski definition) is 2. The molecule has 0 aromatic carbocycles. The molecule has 11 heavy (non-hydrogen) atoms. The second-order valence-electron chi connectivity index (χ2n) is 2.12. The number of rotatable bonds is 3. The second kappa shape index (κ2) is 5.60. The third-order valence-corrected chi connectivity index (χ3v) is 1.67. The van der Waals surface area contributed by atoms with Crippen molar-refractivity contribution in [3.8, 4) is 0 Å². The first-order valence-corrected chi connectivity index (χ1v) is 3.15. The van der Waals surface area contributed by atoms with Gasteiger partial charge in [-0.15, -0.1) is 12.4 Å².